The van der Waals surface area contributed by atoms with Gasteiger partial charge in [-0.3, -0.25) is 4.79 Å². The molecule has 1 aromatic rings. The average Bonchev–Trinajstić information content (AvgIpc) is 2.39. The lowest BCUT2D eigenvalue weighted by Gasteiger charge is -2.26. The van der Waals surface area contributed by atoms with Crippen molar-refractivity contribution in [1.82, 2.24) is 4.90 Å². The molecule has 3 nitrogen and oxygen atoms in total. The largest absolute Gasteiger partial charge is 0.341 e. The summed E-state index contributed by atoms with van der Waals surface area (Å²) in [4.78, 5) is 14.0. The summed E-state index contributed by atoms with van der Waals surface area (Å²) >= 11 is 0. The molecular formula is C15H24N2O. The van der Waals surface area contributed by atoms with E-state index >= 15 is 0 Å². The van der Waals surface area contributed by atoms with Crippen LogP contribution in [0.15, 0.2) is 30.3 Å². The smallest absolute Gasteiger partial charge is 0.239 e. The molecule has 0 saturated carbocycles. The molecule has 18 heavy (non-hydrogen) atoms. The summed E-state index contributed by atoms with van der Waals surface area (Å²) in [6.45, 7) is 7.41. The van der Waals surface area contributed by atoms with Crippen LogP contribution in [0.4, 0.5) is 0 Å². The Kier molecular flexibility index (Phi) is 5.86. The van der Waals surface area contributed by atoms with Crippen molar-refractivity contribution in [1.29, 1.82) is 0 Å². The summed E-state index contributed by atoms with van der Waals surface area (Å²) in [5, 5.41) is 0. The number of hydrogen-bond donors (Lipinski definition) is 1. The highest BCUT2D eigenvalue weighted by molar-refractivity contribution is 5.81. The van der Waals surface area contributed by atoms with Gasteiger partial charge in [-0.05, 0) is 24.8 Å². The van der Waals surface area contributed by atoms with Crippen LogP contribution >= 0.6 is 0 Å². The molecule has 1 rings (SSSR count). The second-order valence-electron chi connectivity index (χ2n) is 4.92. The van der Waals surface area contributed by atoms with Gasteiger partial charge in [-0.2, -0.15) is 0 Å². The van der Waals surface area contributed by atoms with E-state index in [1.165, 1.54) is 5.56 Å². The standard InChI is InChI=1S/C15H24N2O/c1-4-17(15(18)14(16)12(2)3)11-10-13-8-6-5-7-9-13/h5-9,12,14H,4,10-11,16H2,1-3H3/t14-/m1/s1. The van der Waals surface area contributed by atoms with Gasteiger partial charge >= 0.3 is 0 Å². The van der Waals surface area contributed by atoms with Crippen molar-refractivity contribution in [2.75, 3.05) is 13.1 Å². The molecule has 0 radical (unpaired) electrons. The SMILES string of the molecule is CCN(CCc1ccccc1)C(=O)[C@H](N)C(C)C. The molecule has 3 heteroatoms. The summed E-state index contributed by atoms with van der Waals surface area (Å²) in [7, 11) is 0. The first-order chi connectivity index (χ1) is 8.56. The molecular weight excluding hydrogens is 224 g/mol. The second-order valence-corrected chi connectivity index (χ2v) is 4.92. The molecule has 0 bridgehead atoms. The molecule has 0 aliphatic heterocycles. The molecule has 0 spiro atoms. The van der Waals surface area contributed by atoms with Gasteiger partial charge in [0, 0.05) is 13.1 Å². The molecule has 0 unspecified atom stereocenters. The highest BCUT2D eigenvalue weighted by Gasteiger charge is 2.22. The van der Waals surface area contributed by atoms with Gasteiger partial charge in [0.2, 0.25) is 5.91 Å². The Morgan fingerprint density at radius 1 is 1.28 bits per heavy atom. The van der Waals surface area contributed by atoms with Crippen molar-refractivity contribution < 1.29 is 4.79 Å². The van der Waals surface area contributed by atoms with Gasteiger partial charge < -0.3 is 10.6 Å². The van der Waals surface area contributed by atoms with E-state index in [2.05, 4.69) is 12.1 Å². The molecule has 1 aromatic carbocycles. The quantitative estimate of drug-likeness (QED) is 0.837. The van der Waals surface area contributed by atoms with E-state index < -0.39 is 0 Å². The van der Waals surface area contributed by atoms with Crippen molar-refractivity contribution in [3.63, 3.8) is 0 Å². The molecule has 0 heterocycles. The molecule has 0 aliphatic rings. The van der Waals surface area contributed by atoms with Crippen molar-refractivity contribution in [3.8, 4) is 0 Å². The van der Waals surface area contributed by atoms with E-state index in [0.717, 1.165) is 13.0 Å². The minimum Gasteiger partial charge on any atom is -0.341 e. The highest BCUT2D eigenvalue weighted by Crippen LogP contribution is 2.06. The minimum absolute atomic E-state index is 0.0587. The molecule has 0 aromatic heterocycles. The minimum atomic E-state index is -0.388. The van der Waals surface area contributed by atoms with Gasteiger partial charge in [0.25, 0.3) is 0 Å². The predicted molar refractivity (Wildman–Crippen MR) is 75.2 cm³/mol. The third-order valence-electron chi connectivity index (χ3n) is 3.21. The number of hydrogen-bond acceptors (Lipinski definition) is 2. The maximum atomic E-state index is 12.1. The zero-order valence-corrected chi connectivity index (χ0v) is 11.6. The molecule has 100 valence electrons. The van der Waals surface area contributed by atoms with Gasteiger partial charge in [0.1, 0.15) is 0 Å². The van der Waals surface area contributed by atoms with Gasteiger partial charge in [-0.15, -0.1) is 0 Å². The van der Waals surface area contributed by atoms with Crippen LogP contribution in [0.3, 0.4) is 0 Å². The number of carbonyl (C=O) groups is 1. The lowest BCUT2D eigenvalue weighted by atomic mass is 10.0. The average molecular weight is 248 g/mol. The van der Waals surface area contributed by atoms with Crippen LogP contribution in [0.1, 0.15) is 26.3 Å². The molecule has 1 atom stereocenters. The zero-order chi connectivity index (χ0) is 13.5. The maximum absolute atomic E-state index is 12.1. The Balaban J connectivity index is 2.54. The number of nitrogens with two attached hydrogens (primary N) is 1. The van der Waals surface area contributed by atoms with E-state index in [0.29, 0.717) is 6.54 Å². The highest BCUT2D eigenvalue weighted by atomic mass is 16.2. The third kappa shape index (κ3) is 4.15. The lowest BCUT2D eigenvalue weighted by molar-refractivity contribution is -0.133. The Hall–Kier alpha value is -1.35. The molecule has 0 aliphatic carbocycles. The monoisotopic (exact) mass is 248 g/mol. The topological polar surface area (TPSA) is 46.3 Å². The Morgan fingerprint density at radius 3 is 2.39 bits per heavy atom. The second kappa shape index (κ2) is 7.17. The zero-order valence-electron chi connectivity index (χ0n) is 11.6. The van der Waals surface area contributed by atoms with Crippen molar-refractivity contribution in [3.05, 3.63) is 35.9 Å². The summed E-state index contributed by atoms with van der Waals surface area (Å²) < 4.78 is 0. The molecule has 0 fully saturated rings. The van der Waals surface area contributed by atoms with Crippen molar-refractivity contribution in [2.45, 2.75) is 33.2 Å². The lowest BCUT2D eigenvalue weighted by Crippen LogP contribution is -2.47. The summed E-state index contributed by atoms with van der Waals surface area (Å²) in [5.41, 5.74) is 7.17. The molecule has 2 N–H and O–H groups in total. The van der Waals surface area contributed by atoms with Crippen molar-refractivity contribution >= 4 is 5.91 Å². The first kappa shape index (κ1) is 14.7. The van der Waals surface area contributed by atoms with Crippen LogP contribution < -0.4 is 5.73 Å². The normalized spacial score (nSPS) is 12.5. The molecule has 1 amide bonds. The number of nitrogens with zero attached hydrogens (tertiary/aromatic N) is 1. The number of rotatable bonds is 6. The van der Waals surface area contributed by atoms with E-state index in [1.54, 1.807) is 0 Å². The van der Waals surface area contributed by atoms with Crippen LogP contribution in [-0.2, 0) is 11.2 Å². The number of likely N-dealkylation sites (N-methyl/N-ethyl adjacent to an activating group) is 1. The number of benzene rings is 1. The van der Waals surface area contributed by atoms with Gasteiger partial charge in [-0.1, -0.05) is 44.2 Å². The Morgan fingerprint density at radius 2 is 1.89 bits per heavy atom. The van der Waals surface area contributed by atoms with E-state index in [1.807, 2.05) is 43.9 Å². The fourth-order valence-electron chi connectivity index (χ4n) is 1.83. The maximum Gasteiger partial charge on any atom is 0.239 e. The third-order valence-corrected chi connectivity index (χ3v) is 3.21. The van der Waals surface area contributed by atoms with Crippen LogP contribution in [0.2, 0.25) is 0 Å². The Labute approximate surface area is 110 Å². The van der Waals surface area contributed by atoms with Crippen molar-refractivity contribution in [2.24, 2.45) is 11.7 Å². The van der Waals surface area contributed by atoms with Crippen LogP contribution in [-0.4, -0.2) is 29.9 Å². The van der Waals surface area contributed by atoms with Crippen LogP contribution in [0, 0.1) is 5.92 Å². The first-order valence-electron chi connectivity index (χ1n) is 6.64. The summed E-state index contributed by atoms with van der Waals surface area (Å²) in [6, 6.07) is 9.82. The van der Waals surface area contributed by atoms with Crippen LogP contribution in [0.5, 0.6) is 0 Å². The number of carbonyl (C=O) groups excluding carboxylic acids is 1. The summed E-state index contributed by atoms with van der Waals surface area (Å²) in [5.74, 6) is 0.242. The first-order valence-corrected chi connectivity index (χ1v) is 6.64. The fraction of sp³-hybridized carbons (Fsp3) is 0.533. The van der Waals surface area contributed by atoms with Crippen LogP contribution in [0.25, 0.3) is 0 Å². The van der Waals surface area contributed by atoms with E-state index in [4.69, 9.17) is 5.73 Å². The predicted octanol–water partition coefficient (Wildman–Crippen LogP) is 2.06. The van der Waals surface area contributed by atoms with Gasteiger partial charge in [-0.25, -0.2) is 0 Å². The summed E-state index contributed by atoms with van der Waals surface area (Å²) in [6.07, 6.45) is 0.880. The number of amides is 1. The van der Waals surface area contributed by atoms with Gasteiger partial charge in [0.05, 0.1) is 6.04 Å². The molecule has 0 saturated heterocycles. The fourth-order valence-corrected chi connectivity index (χ4v) is 1.83. The van der Waals surface area contributed by atoms with Gasteiger partial charge in [0.15, 0.2) is 0 Å². The van der Waals surface area contributed by atoms with E-state index in [9.17, 15) is 4.79 Å². The van der Waals surface area contributed by atoms with E-state index in [-0.39, 0.29) is 17.9 Å². The Bertz CT molecular complexity index is 362.